The Morgan fingerprint density at radius 2 is 1.70 bits per heavy atom. The van der Waals surface area contributed by atoms with Crippen molar-refractivity contribution in [3.05, 3.63) is 11.6 Å². The third-order valence-electron chi connectivity index (χ3n) is 12.3. The van der Waals surface area contributed by atoms with Gasteiger partial charge >= 0.3 is 5.97 Å². The van der Waals surface area contributed by atoms with Crippen LogP contribution in [0.2, 0.25) is 0 Å². The number of nitriles is 1. The standard InChI is InChI=1S/C31H44N2O3.CH4/c1-27(2)12-13-31(26(35)36-7)11-8-19-24(20(31)16-27)21(33)14-23-29(19,5)10-9-22-28(3,4)25(34)18(17-32)15-30(22,23)6;/h15,19-20,22-24,33H,8-14,16H2,1-7H3;1H4. The van der Waals surface area contributed by atoms with Crippen molar-refractivity contribution in [1.29, 1.82) is 10.7 Å². The molecule has 0 saturated heterocycles. The number of Topliss-reactive ketones (excluding diaryl/α,β-unsaturated/α-hetero) is 1. The van der Waals surface area contributed by atoms with Gasteiger partial charge in [-0.1, -0.05) is 55.0 Å². The Hall–Kier alpha value is -1.96. The first kappa shape index (κ1) is 28.1. The van der Waals surface area contributed by atoms with Gasteiger partial charge in [0.05, 0.1) is 18.1 Å². The summed E-state index contributed by atoms with van der Waals surface area (Å²) in [5, 5.41) is 19.3. The van der Waals surface area contributed by atoms with Gasteiger partial charge in [0.25, 0.3) is 0 Å². The van der Waals surface area contributed by atoms with Crippen LogP contribution in [-0.2, 0) is 14.3 Å². The molecule has 0 aromatic carbocycles. The predicted octanol–water partition coefficient (Wildman–Crippen LogP) is 7.16. The zero-order valence-corrected chi connectivity index (χ0v) is 23.3. The Morgan fingerprint density at radius 1 is 1.03 bits per heavy atom. The Balaban J connectivity index is 0.00000320. The number of carbonyl (C=O) groups is 2. The molecular weight excluding hydrogens is 460 g/mol. The average molecular weight is 509 g/mol. The van der Waals surface area contributed by atoms with Crippen molar-refractivity contribution in [2.24, 2.45) is 56.7 Å². The fourth-order valence-electron chi connectivity index (χ4n) is 10.5. The molecule has 204 valence electrons. The minimum absolute atomic E-state index is 0. The van der Waals surface area contributed by atoms with Gasteiger partial charge in [-0.05, 0) is 91.3 Å². The summed E-state index contributed by atoms with van der Waals surface area (Å²) < 4.78 is 5.43. The van der Waals surface area contributed by atoms with E-state index in [4.69, 9.17) is 4.74 Å². The van der Waals surface area contributed by atoms with Crippen molar-refractivity contribution >= 4 is 17.5 Å². The number of nitrogens with one attached hydrogen (secondary N) is 1. The van der Waals surface area contributed by atoms with Gasteiger partial charge in [-0.2, -0.15) is 5.26 Å². The molecule has 0 bridgehead atoms. The lowest BCUT2D eigenvalue weighted by Crippen LogP contribution is -2.65. The van der Waals surface area contributed by atoms with Crippen LogP contribution in [0.4, 0.5) is 0 Å². The van der Waals surface area contributed by atoms with E-state index in [2.05, 4.69) is 33.8 Å². The summed E-state index contributed by atoms with van der Waals surface area (Å²) in [6.45, 7) is 13.4. The van der Waals surface area contributed by atoms with Crippen molar-refractivity contribution in [2.75, 3.05) is 7.11 Å². The lowest BCUT2D eigenvalue weighted by atomic mass is 9.35. The molecule has 1 N–H and O–H groups in total. The molecule has 5 nitrogen and oxygen atoms in total. The summed E-state index contributed by atoms with van der Waals surface area (Å²) in [5.74, 6) is 0.905. The molecule has 5 rings (SSSR count). The van der Waals surface area contributed by atoms with E-state index < -0.39 is 10.8 Å². The van der Waals surface area contributed by atoms with Crippen LogP contribution in [0.25, 0.3) is 0 Å². The number of esters is 1. The van der Waals surface area contributed by atoms with Crippen LogP contribution in [-0.4, -0.2) is 24.6 Å². The first-order valence-corrected chi connectivity index (χ1v) is 14.0. The number of nitrogens with zero attached hydrogens (tertiary/aromatic N) is 1. The third kappa shape index (κ3) is 3.56. The molecule has 4 fully saturated rings. The SMILES string of the molecule is C.COC(=O)C12CCC3C(C(=N)CC4C5(C)C=C(C#N)C(=O)C(C)(C)C5CCC34C)C1CC(C)(C)CC2. The van der Waals surface area contributed by atoms with Crippen LogP contribution in [0.1, 0.15) is 100 Å². The average Bonchev–Trinajstić information content (AvgIpc) is 2.81. The van der Waals surface area contributed by atoms with Crippen LogP contribution < -0.4 is 0 Å². The monoisotopic (exact) mass is 508 g/mol. The molecule has 0 radical (unpaired) electrons. The van der Waals surface area contributed by atoms with Gasteiger partial charge in [-0.3, -0.25) is 9.59 Å². The summed E-state index contributed by atoms with van der Waals surface area (Å²) in [7, 11) is 1.52. The highest BCUT2D eigenvalue weighted by atomic mass is 16.5. The minimum atomic E-state index is -0.574. The summed E-state index contributed by atoms with van der Waals surface area (Å²) >= 11 is 0. The third-order valence-corrected chi connectivity index (χ3v) is 12.3. The first-order valence-electron chi connectivity index (χ1n) is 14.0. The van der Waals surface area contributed by atoms with Crippen LogP contribution in [0, 0.1) is 73.4 Å². The Labute approximate surface area is 224 Å². The zero-order valence-electron chi connectivity index (χ0n) is 23.3. The molecule has 4 saturated carbocycles. The fourth-order valence-corrected chi connectivity index (χ4v) is 10.5. The number of ether oxygens (including phenoxy) is 1. The highest BCUT2D eigenvalue weighted by molar-refractivity contribution is 6.04. The van der Waals surface area contributed by atoms with Gasteiger partial charge in [-0.15, -0.1) is 0 Å². The number of carbonyl (C=O) groups excluding carboxylic acids is 2. The Bertz CT molecular complexity index is 1100. The van der Waals surface area contributed by atoms with E-state index in [1.807, 2.05) is 19.9 Å². The van der Waals surface area contributed by atoms with E-state index in [0.29, 0.717) is 17.9 Å². The molecule has 0 heterocycles. The molecule has 5 heteroatoms. The number of allylic oxidation sites excluding steroid dienone is 2. The number of methoxy groups -OCH3 is 1. The van der Waals surface area contributed by atoms with Gasteiger partial charge in [0.2, 0.25) is 0 Å². The lowest BCUT2D eigenvalue weighted by molar-refractivity contribution is -0.183. The maximum atomic E-state index is 13.3. The Morgan fingerprint density at radius 3 is 2.32 bits per heavy atom. The van der Waals surface area contributed by atoms with E-state index in [0.717, 1.165) is 50.7 Å². The van der Waals surface area contributed by atoms with Gasteiger partial charge in [-0.25, -0.2) is 0 Å². The predicted molar refractivity (Wildman–Crippen MR) is 146 cm³/mol. The number of hydrogen-bond acceptors (Lipinski definition) is 5. The molecule has 5 aliphatic carbocycles. The van der Waals surface area contributed by atoms with Crippen LogP contribution in [0.5, 0.6) is 0 Å². The van der Waals surface area contributed by atoms with Crippen molar-refractivity contribution in [2.45, 2.75) is 100 Å². The normalized spacial score (nSPS) is 45.5. The smallest absolute Gasteiger partial charge is 0.312 e. The van der Waals surface area contributed by atoms with E-state index in [1.165, 1.54) is 7.11 Å². The van der Waals surface area contributed by atoms with E-state index >= 15 is 0 Å². The molecule has 5 aliphatic rings. The summed E-state index contributed by atoms with van der Waals surface area (Å²) in [4.78, 5) is 26.5. The van der Waals surface area contributed by atoms with Crippen LogP contribution in [0.15, 0.2) is 11.6 Å². The maximum Gasteiger partial charge on any atom is 0.312 e. The number of ketones is 1. The van der Waals surface area contributed by atoms with E-state index in [9.17, 15) is 20.3 Å². The number of fused-ring (bicyclic) bond motifs is 7. The topological polar surface area (TPSA) is 91.0 Å². The van der Waals surface area contributed by atoms with Crippen molar-refractivity contribution in [1.82, 2.24) is 0 Å². The van der Waals surface area contributed by atoms with Gasteiger partial charge < -0.3 is 10.1 Å². The molecule has 0 spiro atoms. The highest BCUT2D eigenvalue weighted by Crippen LogP contribution is 2.72. The number of rotatable bonds is 1. The van der Waals surface area contributed by atoms with Gasteiger partial charge in [0, 0.05) is 17.0 Å². The van der Waals surface area contributed by atoms with Crippen molar-refractivity contribution in [3.8, 4) is 6.07 Å². The molecule has 8 atom stereocenters. The van der Waals surface area contributed by atoms with Crippen molar-refractivity contribution < 1.29 is 14.3 Å². The summed E-state index contributed by atoms with van der Waals surface area (Å²) in [5.41, 5.74) is -0.0675. The van der Waals surface area contributed by atoms with Gasteiger partial charge in [0.1, 0.15) is 6.07 Å². The molecule has 0 aliphatic heterocycles. The minimum Gasteiger partial charge on any atom is -0.469 e. The highest BCUT2D eigenvalue weighted by Gasteiger charge is 2.68. The van der Waals surface area contributed by atoms with Crippen LogP contribution in [0.3, 0.4) is 0 Å². The summed E-state index contributed by atoms with van der Waals surface area (Å²) in [6, 6.07) is 2.22. The largest absolute Gasteiger partial charge is 0.469 e. The molecule has 0 amide bonds. The first-order chi connectivity index (χ1) is 16.7. The fraction of sp³-hybridized carbons (Fsp3) is 0.812. The van der Waals surface area contributed by atoms with E-state index in [-0.39, 0.29) is 59.1 Å². The molecule has 0 aromatic rings. The second-order valence-corrected chi connectivity index (χ2v) is 14.8. The quantitative estimate of drug-likeness (QED) is 0.381. The van der Waals surface area contributed by atoms with Crippen molar-refractivity contribution in [3.63, 3.8) is 0 Å². The molecule has 37 heavy (non-hydrogen) atoms. The maximum absolute atomic E-state index is 13.3. The molecular formula is C32H48N2O3. The second kappa shape index (κ2) is 8.52. The Kier molecular flexibility index (Phi) is 6.46. The molecule has 8 unspecified atom stereocenters. The van der Waals surface area contributed by atoms with Gasteiger partial charge in [0.15, 0.2) is 5.78 Å². The molecule has 0 aromatic heterocycles. The lowest BCUT2D eigenvalue weighted by Gasteiger charge is -2.68. The zero-order chi connectivity index (χ0) is 26.5. The van der Waals surface area contributed by atoms with E-state index in [1.54, 1.807) is 0 Å². The second-order valence-electron chi connectivity index (χ2n) is 14.8. The van der Waals surface area contributed by atoms with Crippen LogP contribution >= 0.6 is 0 Å². The summed E-state index contributed by atoms with van der Waals surface area (Å²) in [6.07, 6.45) is 9.35. The number of hydrogen-bond donors (Lipinski definition) is 1.